The van der Waals surface area contributed by atoms with Crippen molar-refractivity contribution in [1.29, 1.82) is 0 Å². The Balaban J connectivity index is 1.32. The molecular weight excluding hydrogens is 404 g/mol. The molecule has 32 heavy (non-hydrogen) atoms. The molecule has 0 atom stereocenters. The zero-order chi connectivity index (χ0) is 22.2. The summed E-state index contributed by atoms with van der Waals surface area (Å²) in [5, 5.41) is 2.85. The van der Waals surface area contributed by atoms with Crippen LogP contribution in [0.5, 0.6) is 17.4 Å². The molecule has 2 heterocycles. The molecule has 160 valence electrons. The SMILES string of the molecule is CCOc1ccc(Oc2cc(CNC(=O)C=Cc3cnc4ccccc4n3)ccn2)cc1. The van der Waals surface area contributed by atoms with E-state index in [2.05, 4.69) is 20.3 Å². The number of rotatable bonds is 8. The Morgan fingerprint density at radius 2 is 1.78 bits per heavy atom. The first-order chi connectivity index (χ1) is 15.7. The lowest BCUT2D eigenvalue weighted by molar-refractivity contribution is -0.116. The minimum Gasteiger partial charge on any atom is -0.494 e. The summed E-state index contributed by atoms with van der Waals surface area (Å²) < 4.78 is 11.2. The molecule has 7 heteroatoms. The average Bonchev–Trinajstić information content (AvgIpc) is 2.83. The van der Waals surface area contributed by atoms with Gasteiger partial charge >= 0.3 is 0 Å². The van der Waals surface area contributed by atoms with E-state index in [1.165, 1.54) is 6.08 Å². The zero-order valence-electron chi connectivity index (χ0n) is 17.6. The number of nitrogens with one attached hydrogen (secondary N) is 1. The third kappa shape index (κ3) is 5.66. The van der Waals surface area contributed by atoms with Crippen molar-refractivity contribution >= 4 is 23.0 Å². The maximum Gasteiger partial charge on any atom is 0.244 e. The monoisotopic (exact) mass is 426 g/mol. The summed E-state index contributed by atoms with van der Waals surface area (Å²) in [6.45, 7) is 2.89. The van der Waals surface area contributed by atoms with Crippen LogP contribution < -0.4 is 14.8 Å². The standard InChI is InChI=1S/C25H22N4O3/c1-2-31-20-8-10-21(11-9-20)32-25-15-18(13-14-26-25)16-28-24(30)12-7-19-17-27-22-5-3-4-6-23(22)29-19/h3-15,17H,2,16H2,1H3,(H,28,30). The lowest BCUT2D eigenvalue weighted by Crippen LogP contribution is -2.20. The number of carbonyl (C=O) groups excluding carboxylic acids is 1. The number of aromatic nitrogens is 3. The highest BCUT2D eigenvalue weighted by Gasteiger charge is 2.03. The van der Waals surface area contributed by atoms with Gasteiger partial charge in [-0.1, -0.05) is 12.1 Å². The number of ether oxygens (including phenoxy) is 2. The van der Waals surface area contributed by atoms with Crippen LogP contribution in [0, 0.1) is 0 Å². The lowest BCUT2D eigenvalue weighted by atomic mass is 10.2. The van der Waals surface area contributed by atoms with Crippen LogP contribution >= 0.6 is 0 Å². The number of fused-ring (bicyclic) bond motifs is 1. The van der Waals surface area contributed by atoms with Gasteiger partial charge in [0.15, 0.2) is 0 Å². The van der Waals surface area contributed by atoms with Gasteiger partial charge in [-0.15, -0.1) is 0 Å². The Labute approximate surface area is 185 Å². The van der Waals surface area contributed by atoms with Gasteiger partial charge in [0.05, 0.1) is 29.5 Å². The van der Waals surface area contributed by atoms with Crippen LogP contribution in [-0.2, 0) is 11.3 Å². The van der Waals surface area contributed by atoms with Crippen molar-refractivity contribution in [3.8, 4) is 17.4 Å². The summed E-state index contributed by atoms with van der Waals surface area (Å²) in [7, 11) is 0. The number of benzene rings is 2. The van der Waals surface area contributed by atoms with Crippen LogP contribution in [0.4, 0.5) is 0 Å². The smallest absolute Gasteiger partial charge is 0.244 e. The second-order valence-corrected chi connectivity index (χ2v) is 6.84. The fourth-order valence-corrected chi connectivity index (χ4v) is 2.97. The maximum absolute atomic E-state index is 12.2. The molecule has 1 N–H and O–H groups in total. The predicted molar refractivity (Wildman–Crippen MR) is 122 cm³/mol. The molecule has 0 bridgehead atoms. The molecule has 0 aliphatic carbocycles. The van der Waals surface area contributed by atoms with E-state index < -0.39 is 0 Å². The van der Waals surface area contributed by atoms with Crippen molar-refractivity contribution in [3.05, 3.63) is 90.4 Å². The van der Waals surface area contributed by atoms with Crippen molar-refractivity contribution in [2.75, 3.05) is 6.61 Å². The molecule has 4 rings (SSSR count). The van der Waals surface area contributed by atoms with Crippen molar-refractivity contribution in [3.63, 3.8) is 0 Å². The van der Waals surface area contributed by atoms with Crippen LogP contribution in [-0.4, -0.2) is 27.5 Å². The molecule has 0 aliphatic rings. The van der Waals surface area contributed by atoms with Gasteiger partial charge in [0, 0.05) is 24.9 Å². The van der Waals surface area contributed by atoms with Gasteiger partial charge < -0.3 is 14.8 Å². The first kappa shape index (κ1) is 21.0. The number of hydrogen-bond donors (Lipinski definition) is 1. The summed E-state index contributed by atoms with van der Waals surface area (Å²) in [6.07, 6.45) is 6.37. The molecule has 0 saturated carbocycles. The van der Waals surface area contributed by atoms with Crippen molar-refractivity contribution in [2.24, 2.45) is 0 Å². The zero-order valence-corrected chi connectivity index (χ0v) is 17.6. The minimum absolute atomic E-state index is 0.231. The molecule has 0 radical (unpaired) electrons. The molecule has 0 saturated heterocycles. The van der Waals surface area contributed by atoms with Gasteiger partial charge in [-0.25, -0.2) is 9.97 Å². The van der Waals surface area contributed by atoms with Crippen molar-refractivity contribution in [1.82, 2.24) is 20.3 Å². The Morgan fingerprint density at radius 3 is 2.59 bits per heavy atom. The maximum atomic E-state index is 12.2. The molecule has 0 fully saturated rings. The highest BCUT2D eigenvalue weighted by Crippen LogP contribution is 2.23. The van der Waals surface area contributed by atoms with Crippen LogP contribution in [0.3, 0.4) is 0 Å². The molecule has 7 nitrogen and oxygen atoms in total. The van der Waals surface area contributed by atoms with Gasteiger partial charge in [0.2, 0.25) is 11.8 Å². The summed E-state index contributed by atoms with van der Waals surface area (Å²) in [4.78, 5) is 25.2. The van der Waals surface area contributed by atoms with E-state index in [1.54, 1.807) is 24.5 Å². The molecule has 1 amide bonds. The second kappa shape index (κ2) is 10.2. The van der Waals surface area contributed by atoms with Gasteiger partial charge in [-0.2, -0.15) is 0 Å². The molecule has 4 aromatic rings. The number of hydrogen-bond acceptors (Lipinski definition) is 6. The van der Waals surface area contributed by atoms with Crippen LogP contribution in [0.1, 0.15) is 18.2 Å². The highest BCUT2D eigenvalue weighted by molar-refractivity contribution is 5.91. The first-order valence-corrected chi connectivity index (χ1v) is 10.2. The molecule has 2 aromatic carbocycles. The van der Waals surface area contributed by atoms with Crippen LogP contribution in [0.15, 0.2) is 79.1 Å². The highest BCUT2D eigenvalue weighted by atomic mass is 16.5. The largest absolute Gasteiger partial charge is 0.494 e. The van der Waals surface area contributed by atoms with Gasteiger partial charge in [-0.3, -0.25) is 9.78 Å². The number of pyridine rings is 1. The number of nitrogens with zero attached hydrogens (tertiary/aromatic N) is 3. The summed E-state index contributed by atoms with van der Waals surface area (Å²) in [6, 6.07) is 18.5. The summed E-state index contributed by atoms with van der Waals surface area (Å²) in [5.74, 6) is 1.65. The van der Waals surface area contributed by atoms with E-state index in [-0.39, 0.29) is 5.91 Å². The van der Waals surface area contributed by atoms with E-state index in [1.807, 2.05) is 61.5 Å². The summed E-state index contributed by atoms with van der Waals surface area (Å²) >= 11 is 0. The van der Waals surface area contributed by atoms with Crippen molar-refractivity contribution in [2.45, 2.75) is 13.5 Å². The predicted octanol–water partition coefficient (Wildman–Crippen LogP) is 4.55. The fraction of sp³-hybridized carbons (Fsp3) is 0.120. The molecular formula is C25H22N4O3. The van der Waals surface area contributed by atoms with E-state index >= 15 is 0 Å². The van der Waals surface area contributed by atoms with E-state index in [9.17, 15) is 4.79 Å². The van der Waals surface area contributed by atoms with Gasteiger partial charge in [-0.05, 0) is 61.0 Å². The Bertz CT molecular complexity index is 1240. The molecule has 2 aromatic heterocycles. The van der Waals surface area contributed by atoms with Crippen molar-refractivity contribution < 1.29 is 14.3 Å². The first-order valence-electron chi connectivity index (χ1n) is 10.2. The summed E-state index contributed by atoms with van der Waals surface area (Å²) in [5.41, 5.74) is 3.09. The Kier molecular flexibility index (Phi) is 6.67. The van der Waals surface area contributed by atoms with E-state index in [0.717, 1.165) is 22.3 Å². The molecule has 0 aliphatic heterocycles. The Hall–Kier alpha value is -4.26. The molecule has 0 spiro atoms. The minimum atomic E-state index is -0.231. The second-order valence-electron chi connectivity index (χ2n) is 6.84. The van der Waals surface area contributed by atoms with Gasteiger partial charge in [0.25, 0.3) is 0 Å². The third-order valence-corrected chi connectivity index (χ3v) is 4.50. The lowest BCUT2D eigenvalue weighted by Gasteiger charge is -2.08. The average molecular weight is 426 g/mol. The van der Waals surface area contributed by atoms with E-state index in [4.69, 9.17) is 9.47 Å². The normalized spacial score (nSPS) is 10.9. The third-order valence-electron chi connectivity index (χ3n) is 4.50. The number of para-hydroxylation sites is 2. The topological polar surface area (TPSA) is 86.2 Å². The van der Waals surface area contributed by atoms with E-state index in [0.29, 0.717) is 30.5 Å². The number of carbonyl (C=O) groups is 1. The Morgan fingerprint density at radius 1 is 1.00 bits per heavy atom. The molecule has 0 unspecified atom stereocenters. The van der Waals surface area contributed by atoms with Crippen LogP contribution in [0.25, 0.3) is 17.1 Å². The number of amides is 1. The van der Waals surface area contributed by atoms with Gasteiger partial charge in [0.1, 0.15) is 11.5 Å². The van der Waals surface area contributed by atoms with Crippen LogP contribution in [0.2, 0.25) is 0 Å². The quantitative estimate of drug-likeness (QED) is 0.416. The fourth-order valence-electron chi connectivity index (χ4n) is 2.97.